The molecule has 1 aliphatic heterocycles. The van der Waals surface area contributed by atoms with Gasteiger partial charge in [0.15, 0.2) is 0 Å². The zero-order valence-electron chi connectivity index (χ0n) is 11.5. The number of nitrogens with one attached hydrogen (secondary N) is 2. The molecule has 0 saturated heterocycles. The molecule has 0 aromatic heterocycles. The van der Waals surface area contributed by atoms with E-state index in [1.807, 2.05) is 0 Å². The lowest BCUT2D eigenvalue weighted by molar-refractivity contribution is -0.139. The smallest absolute Gasteiger partial charge is 0.338 e. The van der Waals surface area contributed by atoms with Crippen molar-refractivity contribution in [3.8, 4) is 0 Å². The molecule has 1 aromatic carbocycles. The lowest BCUT2D eigenvalue weighted by Crippen LogP contribution is -2.47. The quantitative estimate of drug-likeness (QED) is 0.637. The number of carbonyl (C=O) groups excluding carboxylic acids is 2. The number of rotatable bonds is 4. The Morgan fingerprint density at radius 1 is 1.32 bits per heavy atom. The van der Waals surface area contributed by atoms with Gasteiger partial charge in [-0.15, -0.1) is 0 Å². The van der Waals surface area contributed by atoms with E-state index in [1.54, 1.807) is 31.2 Å². The van der Waals surface area contributed by atoms with Crippen LogP contribution in [0.2, 0.25) is 5.02 Å². The maximum absolute atomic E-state index is 12.3. The van der Waals surface area contributed by atoms with Gasteiger partial charge in [-0.3, -0.25) is 0 Å². The van der Waals surface area contributed by atoms with Gasteiger partial charge in [0, 0.05) is 5.02 Å². The number of urea groups is 1. The Morgan fingerprint density at radius 3 is 2.50 bits per heavy atom. The van der Waals surface area contributed by atoms with Gasteiger partial charge < -0.3 is 15.4 Å². The van der Waals surface area contributed by atoms with Crippen LogP contribution in [0.4, 0.5) is 4.79 Å². The Labute approximate surface area is 142 Å². The Bertz CT molecular complexity index is 614. The van der Waals surface area contributed by atoms with Crippen LogP contribution in [0.15, 0.2) is 35.5 Å². The van der Waals surface area contributed by atoms with Crippen LogP contribution in [-0.2, 0) is 9.53 Å². The number of allylic oxidation sites excluding steroid dienone is 1. The van der Waals surface area contributed by atoms with Crippen molar-refractivity contribution in [3.05, 3.63) is 46.1 Å². The molecule has 0 spiro atoms. The molecule has 2 N–H and O–H groups in total. The maximum atomic E-state index is 12.3. The van der Waals surface area contributed by atoms with E-state index in [-0.39, 0.29) is 17.9 Å². The molecule has 1 aliphatic rings. The summed E-state index contributed by atoms with van der Waals surface area (Å²) < 4.78 is 5.04. The molecule has 8 heteroatoms. The molecule has 5 nitrogen and oxygen atoms in total. The second-order valence-corrected chi connectivity index (χ2v) is 5.96. The highest BCUT2D eigenvalue weighted by molar-refractivity contribution is 6.46. The Hall–Kier alpha value is -1.43. The lowest BCUT2D eigenvalue weighted by atomic mass is 9.95. The fourth-order valence-electron chi connectivity index (χ4n) is 2.10. The fraction of sp³-hybridized carbons (Fsp3) is 0.286. The predicted molar refractivity (Wildman–Crippen MR) is 85.0 cm³/mol. The van der Waals surface area contributed by atoms with E-state index in [1.165, 1.54) is 0 Å². The van der Waals surface area contributed by atoms with Crippen LogP contribution in [0, 0.1) is 0 Å². The third-order valence-electron chi connectivity index (χ3n) is 3.02. The van der Waals surface area contributed by atoms with E-state index < -0.39 is 22.9 Å². The molecular weight excluding hydrogens is 351 g/mol. The second kappa shape index (κ2) is 7.22. The molecule has 1 heterocycles. The van der Waals surface area contributed by atoms with Crippen LogP contribution in [0.25, 0.3) is 0 Å². The zero-order chi connectivity index (χ0) is 16.3. The number of amides is 2. The van der Waals surface area contributed by atoms with Crippen molar-refractivity contribution in [3.63, 3.8) is 0 Å². The summed E-state index contributed by atoms with van der Waals surface area (Å²) >= 11 is 17.6. The molecule has 2 rings (SSSR count). The SMILES string of the molecule is CCOC(=O)C1=C(C(Cl)Cl)NC(=O)NC1c1ccc(Cl)cc1. The molecule has 1 unspecified atom stereocenters. The van der Waals surface area contributed by atoms with E-state index in [4.69, 9.17) is 39.5 Å². The zero-order valence-corrected chi connectivity index (χ0v) is 13.8. The lowest BCUT2D eigenvalue weighted by Gasteiger charge is -2.29. The molecule has 1 aromatic rings. The normalized spacial score (nSPS) is 18.0. The van der Waals surface area contributed by atoms with Gasteiger partial charge in [-0.05, 0) is 24.6 Å². The molecule has 2 amide bonds. The number of benzene rings is 1. The first-order valence-corrected chi connectivity index (χ1v) is 7.71. The molecular formula is C14H13Cl3N2O3. The number of halogens is 3. The maximum Gasteiger partial charge on any atom is 0.338 e. The summed E-state index contributed by atoms with van der Waals surface area (Å²) in [5.41, 5.74) is 0.943. The topological polar surface area (TPSA) is 67.4 Å². The number of carbonyl (C=O) groups is 2. The number of esters is 1. The van der Waals surface area contributed by atoms with Gasteiger partial charge in [0.25, 0.3) is 0 Å². The van der Waals surface area contributed by atoms with E-state index in [2.05, 4.69) is 10.6 Å². The van der Waals surface area contributed by atoms with Gasteiger partial charge in [-0.25, -0.2) is 9.59 Å². The first-order valence-electron chi connectivity index (χ1n) is 6.46. The number of hydrogen-bond donors (Lipinski definition) is 2. The fourth-order valence-corrected chi connectivity index (χ4v) is 2.57. The summed E-state index contributed by atoms with van der Waals surface area (Å²) in [6.07, 6.45) is 0. The van der Waals surface area contributed by atoms with Crippen LogP contribution in [0.5, 0.6) is 0 Å². The molecule has 0 radical (unpaired) electrons. The first-order chi connectivity index (χ1) is 10.4. The number of ether oxygens (including phenoxy) is 1. The highest BCUT2D eigenvalue weighted by Gasteiger charge is 2.35. The monoisotopic (exact) mass is 362 g/mol. The van der Waals surface area contributed by atoms with E-state index in [0.717, 1.165) is 0 Å². The number of alkyl halides is 2. The third-order valence-corrected chi connectivity index (χ3v) is 3.71. The molecule has 1 atom stereocenters. The van der Waals surface area contributed by atoms with Gasteiger partial charge >= 0.3 is 12.0 Å². The minimum atomic E-state index is -1.07. The minimum absolute atomic E-state index is 0.116. The number of hydrogen-bond acceptors (Lipinski definition) is 3. The Kier molecular flexibility index (Phi) is 5.56. The molecule has 0 aliphatic carbocycles. The molecule has 0 saturated carbocycles. The van der Waals surface area contributed by atoms with Gasteiger partial charge in [0.05, 0.1) is 23.9 Å². The van der Waals surface area contributed by atoms with Crippen LogP contribution in [0.1, 0.15) is 18.5 Å². The molecule has 22 heavy (non-hydrogen) atoms. The van der Waals surface area contributed by atoms with Gasteiger partial charge in [-0.2, -0.15) is 0 Å². The van der Waals surface area contributed by atoms with Crippen molar-refractivity contribution in [2.45, 2.75) is 17.8 Å². The Balaban J connectivity index is 2.52. The predicted octanol–water partition coefficient (Wildman–Crippen LogP) is 3.31. The Morgan fingerprint density at radius 2 is 1.95 bits per heavy atom. The standard InChI is InChI=1S/C14H13Cl3N2O3/c1-2-22-13(20)9-10(7-3-5-8(15)6-4-7)18-14(21)19-11(9)12(16)17/h3-6,10,12H,2H2,1H3,(H2,18,19,21). The van der Waals surface area contributed by atoms with E-state index in [0.29, 0.717) is 10.6 Å². The first kappa shape index (κ1) is 16.9. The van der Waals surface area contributed by atoms with E-state index in [9.17, 15) is 9.59 Å². The van der Waals surface area contributed by atoms with Crippen LogP contribution in [-0.4, -0.2) is 23.4 Å². The van der Waals surface area contributed by atoms with Crippen molar-refractivity contribution in [2.24, 2.45) is 0 Å². The third kappa shape index (κ3) is 3.66. The highest BCUT2D eigenvalue weighted by atomic mass is 35.5. The van der Waals surface area contributed by atoms with Crippen molar-refractivity contribution >= 4 is 46.8 Å². The summed E-state index contributed by atoms with van der Waals surface area (Å²) in [6.45, 7) is 1.87. The average Bonchev–Trinajstić information content (AvgIpc) is 2.47. The molecule has 0 fully saturated rings. The van der Waals surface area contributed by atoms with Crippen molar-refractivity contribution in [1.29, 1.82) is 0 Å². The van der Waals surface area contributed by atoms with Crippen LogP contribution >= 0.6 is 34.8 Å². The van der Waals surface area contributed by atoms with Crippen LogP contribution in [0.3, 0.4) is 0 Å². The largest absolute Gasteiger partial charge is 0.463 e. The summed E-state index contributed by atoms with van der Waals surface area (Å²) in [5, 5.41) is 5.65. The van der Waals surface area contributed by atoms with Gasteiger partial charge in [0.2, 0.25) is 0 Å². The summed E-state index contributed by atoms with van der Waals surface area (Å²) in [4.78, 5) is 23.0. The highest BCUT2D eigenvalue weighted by Crippen LogP contribution is 2.31. The summed E-state index contributed by atoms with van der Waals surface area (Å²) in [7, 11) is 0. The molecule has 118 valence electrons. The van der Waals surface area contributed by atoms with Crippen molar-refractivity contribution in [2.75, 3.05) is 6.61 Å². The summed E-state index contributed by atoms with van der Waals surface area (Å²) in [5.74, 6) is -0.601. The van der Waals surface area contributed by atoms with Gasteiger partial charge in [-0.1, -0.05) is 46.9 Å². The minimum Gasteiger partial charge on any atom is -0.463 e. The van der Waals surface area contributed by atoms with Gasteiger partial charge in [0.1, 0.15) is 4.84 Å². The average molecular weight is 364 g/mol. The summed E-state index contributed by atoms with van der Waals surface area (Å²) in [6, 6.07) is 5.49. The molecule has 0 bridgehead atoms. The van der Waals surface area contributed by atoms with Crippen molar-refractivity contribution in [1.82, 2.24) is 10.6 Å². The van der Waals surface area contributed by atoms with Crippen molar-refractivity contribution < 1.29 is 14.3 Å². The van der Waals surface area contributed by atoms with E-state index >= 15 is 0 Å². The second-order valence-electron chi connectivity index (χ2n) is 4.43. The van der Waals surface area contributed by atoms with Crippen LogP contribution < -0.4 is 10.6 Å².